The van der Waals surface area contributed by atoms with Crippen molar-refractivity contribution in [3.05, 3.63) is 42.6 Å². The van der Waals surface area contributed by atoms with Gasteiger partial charge in [0.25, 0.3) is 9.05 Å². The lowest BCUT2D eigenvalue weighted by molar-refractivity contribution is 0.600. The maximum Gasteiger partial charge on any atom is 0.276 e. The lowest BCUT2D eigenvalue weighted by Gasteiger charge is -1.95. The van der Waals surface area contributed by atoms with Crippen molar-refractivity contribution >= 4 is 19.7 Å². The third-order valence-corrected chi connectivity index (χ3v) is 3.70. The van der Waals surface area contributed by atoms with E-state index in [2.05, 4.69) is 0 Å². The molecule has 0 aliphatic rings. The molecule has 2 aromatic rings. The van der Waals surface area contributed by atoms with Crippen LogP contribution >= 0.6 is 10.7 Å². The minimum atomic E-state index is -3.69. The van der Waals surface area contributed by atoms with E-state index in [1.165, 1.54) is 4.57 Å². The van der Waals surface area contributed by atoms with Gasteiger partial charge in [-0.2, -0.15) is 0 Å². The molecule has 0 unspecified atom stereocenters. The lowest BCUT2D eigenvalue weighted by Crippen LogP contribution is -1.97. The fourth-order valence-corrected chi connectivity index (χ4v) is 2.70. The Hall–Kier alpha value is -1.26. The molecular formula is C11H10ClNO2S. The van der Waals surface area contributed by atoms with Gasteiger partial charge in [0, 0.05) is 29.5 Å². The van der Waals surface area contributed by atoms with Gasteiger partial charge in [-0.15, -0.1) is 0 Å². The molecule has 0 amide bonds. The van der Waals surface area contributed by atoms with Gasteiger partial charge in [0.2, 0.25) is 0 Å². The van der Waals surface area contributed by atoms with Crippen molar-refractivity contribution in [3.63, 3.8) is 0 Å². The molecule has 0 N–H and O–H groups in total. The Labute approximate surface area is 98.7 Å². The van der Waals surface area contributed by atoms with Gasteiger partial charge in [-0.05, 0) is 11.6 Å². The third-order valence-electron chi connectivity index (χ3n) is 2.32. The van der Waals surface area contributed by atoms with E-state index in [0.717, 1.165) is 11.1 Å². The molecule has 0 saturated carbocycles. The second-order valence-corrected chi connectivity index (χ2v) is 5.99. The Morgan fingerprint density at radius 2 is 1.75 bits per heavy atom. The van der Waals surface area contributed by atoms with E-state index in [4.69, 9.17) is 10.7 Å². The number of hydrogen-bond donors (Lipinski definition) is 0. The van der Waals surface area contributed by atoms with Crippen LogP contribution in [0.15, 0.2) is 47.6 Å². The minimum Gasteiger partial charge on any atom is -0.340 e. The minimum absolute atomic E-state index is 0.105. The van der Waals surface area contributed by atoms with E-state index >= 15 is 0 Å². The zero-order valence-electron chi connectivity index (χ0n) is 8.59. The van der Waals surface area contributed by atoms with Crippen molar-refractivity contribution in [2.24, 2.45) is 7.05 Å². The summed E-state index contributed by atoms with van der Waals surface area (Å²) < 4.78 is 24.0. The van der Waals surface area contributed by atoms with Crippen LogP contribution in [0.2, 0.25) is 0 Å². The molecule has 0 fully saturated rings. The highest BCUT2D eigenvalue weighted by Gasteiger charge is 2.16. The molecule has 3 nitrogen and oxygen atoms in total. The first kappa shape index (κ1) is 11.2. The molecule has 0 bridgehead atoms. The van der Waals surface area contributed by atoms with Crippen LogP contribution in [-0.2, 0) is 16.1 Å². The molecule has 16 heavy (non-hydrogen) atoms. The average molecular weight is 256 g/mol. The molecule has 84 valence electrons. The number of halogens is 1. The van der Waals surface area contributed by atoms with Crippen LogP contribution < -0.4 is 0 Å². The first-order chi connectivity index (χ1) is 7.48. The normalized spacial score (nSPS) is 11.6. The Kier molecular flexibility index (Phi) is 2.78. The standard InChI is InChI=1S/C11H10ClNO2S/c1-13-8-10(7-11(13)16(12,14)15)9-5-3-2-4-6-9/h2-8H,1H3. The van der Waals surface area contributed by atoms with Gasteiger partial charge < -0.3 is 4.57 Å². The number of nitrogens with zero attached hydrogens (tertiary/aromatic N) is 1. The predicted molar refractivity (Wildman–Crippen MR) is 63.9 cm³/mol. The summed E-state index contributed by atoms with van der Waals surface area (Å²) in [5.41, 5.74) is 1.80. The fourth-order valence-electron chi connectivity index (χ4n) is 1.58. The van der Waals surface area contributed by atoms with Gasteiger partial charge in [-0.1, -0.05) is 30.3 Å². The van der Waals surface area contributed by atoms with Gasteiger partial charge >= 0.3 is 0 Å². The Balaban J connectivity index is 2.55. The Morgan fingerprint density at radius 3 is 2.25 bits per heavy atom. The van der Waals surface area contributed by atoms with Crippen molar-refractivity contribution in [2.45, 2.75) is 5.03 Å². The smallest absolute Gasteiger partial charge is 0.276 e. The molecule has 1 aromatic heterocycles. The summed E-state index contributed by atoms with van der Waals surface area (Å²) >= 11 is 0. The zero-order chi connectivity index (χ0) is 11.8. The second kappa shape index (κ2) is 3.96. The van der Waals surface area contributed by atoms with Crippen molar-refractivity contribution in [3.8, 4) is 11.1 Å². The summed E-state index contributed by atoms with van der Waals surface area (Å²) in [5, 5.41) is 0.105. The van der Waals surface area contributed by atoms with Gasteiger partial charge in [0.15, 0.2) is 5.03 Å². The average Bonchev–Trinajstić information content (AvgIpc) is 2.61. The first-order valence-electron chi connectivity index (χ1n) is 4.65. The molecule has 1 heterocycles. The van der Waals surface area contributed by atoms with E-state index in [1.54, 1.807) is 19.3 Å². The maximum atomic E-state index is 11.2. The van der Waals surface area contributed by atoms with Crippen molar-refractivity contribution in [1.29, 1.82) is 0 Å². The number of aromatic nitrogens is 1. The van der Waals surface area contributed by atoms with E-state index in [-0.39, 0.29) is 5.03 Å². The molecule has 0 aliphatic heterocycles. The summed E-state index contributed by atoms with van der Waals surface area (Å²) in [7, 11) is 3.29. The van der Waals surface area contributed by atoms with Crippen LogP contribution in [0, 0.1) is 0 Å². The quantitative estimate of drug-likeness (QED) is 0.774. The Bertz CT molecular complexity index is 602. The van der Waals surface area contributed by atoms with Gasteiger partial charge in [0.1, 0.15) is 0 Å². The van der Waals surface area contributed by atoms with E-state index in [1.807, 2.05) is 30.3 Å². The SMILES string of the molecule is Cn1cc(-c2ccccc2)cc1S(=O)(=O)Cl. The highest BCUT2D eigenvalue weighted by molar-refractivity contribution is 8.13. The summed E-state index contributed by atoms with van der Waals surface area (Å²) in [6, 6.07) is 11.1. The second-order valence-electron chi connectivity index (χ2n) is 3.48. The number of benzene rings is 1. The largest absolute Gasteiger partial charge is 0.340 e. The molecule has 1 aromatic carbocycles. The van der Waals surface area contributed by atoms with Crippen molar-refractivity contribution in [2.75, 3.05) is 0 Å². The van der Waals surface area contributed by atoms with E-state index < -0.39 is 9.05 Å². The molecule has 2 rings (SSSR count). The molecule has 0 atom stereocenters. The number of aryl methyl sites for hydroxylation is 1. The summed E-state index contributed by atoms with van der Waals surface area (Å²) in [6.07, 6.45) is 1.74. The Morgan fingerprint density at radius 1 is 1.12 bits per heavy atom. The predicted octanol–water partition coefficient (Wildman–Crippen LogP) is 2.62. The van der Waals surface area contributed by atoms with Crippen LogP contribution in [0.3, 0.4) is 0 Å². The molecule has 0 aliphatic carbocycles. The lowest BCUT2D eigenvalue weighted by atomic mass is 10.1. The molecule has 0 radical (unpaired) electrons. The zero-order valence-corrected chi connectivity index (χ0v) is 10.2. The number of hydrogen-bond acceptors (Lipinski definition) is 2. The highest BCUT2D eigenvalue weighted by Crippen LogP contribution is 2.25. The highest BCUT2D eigenvalue weighted by atomic mass is 35.7. The molecular weight excluding hydrogens is 246 g/mol. The van der Waals surface area contributed by atoms with Crippen molar-refractivity contribution in [1.82, 2.24) is 4.57 Å². The van der Waals surface area contributed by atoms with Crippen LogP contribution in [0.25, 0.3) is 11.1 Å². The number of rotatable bonds is 2. The molecule has 0 spiro atoms. The summed E-state index contributed by atoms with van der Waals surface area (Å²) in [6.45, 7) is 0. The topological polar surface area (TPSA) is 39.1 Å². The summed E-state index contributed by atoms with van der Waals surface area (Å²) in [5.74, 6) is 0. The molecule has 0 saturated heterocycles. The first-order valence-corrected chi connectivity index (χ1v) is 6.96. The van der Waals surface area contributed by atoms with Crippen LogP contribution in [-0.4, -0.2) is 13.0 Å². The van der Waals surface area contributed by atoms with Crippen LogP contribution in [0.5, 0.6) is 0 Å². The van der Waals surface area contributed by atoms with Crippen molar-refractivity contribution < 1.29 is 8.42 Å². The van der Waals surface area contributed by atoms with E-state index in [9.17, 15) is 8.42 Å². The van der Waals surface area contributed by atoms with Crippen LogP contribution in [0.4, 0.5) is 0 Å². The van der Waals surface area contributed by atoms with E-state index in [0.29, 0.717) is 0 Å². The van der Waals surface area contributed by atoms with Crippen LogP contribution in [0.1, 0.15) is 0 Å². The monoisotopic (exact) mass is 255 g/mol. The molecule has 5 heteroatoms. The summed E-state index contributed by atoms with van der Waals surface area (Å²) in [4.78, 5) is 0. The van der Waals surface area contributed by atoms with Gasteiger partial charge in [-0.25, -0.2) is 8.42 Å². The fraction of sp³-hybridized carbons (Fsp3) is 0.0909. The van der Waals surface area contributed by atoms with Gasteiger partial charge in [-0.3, -0.25) is 0 Å². The van der Waals surface area contributed by atoms with Gasteiger partial charge in [0.05, 0.1) is 0 Å². The maximum absolute atomic E-state index is 11.2. The third kappa shape index (κ3) is 2.13.